The van der Waals surface area contributed by atoms with Crippen LogP contribution in [-0.2, 0) is 4.74 Å². The normalized spacial score (nSPS) is 22.2. The first-order chi connectivity index (χ1) is 12.3. The summed E-state index contributed by atoms with van der Waals surface area (Å²) in [4.78, 5) is 14.9. The molecule has 0 aliphatic carbocycles. The molecule has 126 valence electrons. The van der Waals surface area contributed by atoms with E-state index in [-0.39, 0.29) is 18.2 Å². The van der Waals surface area contributed by atoms with Crippen LogP contribution in [0.1, 0.15) is 40.5 Å². The fourth-order valence-electron chi connectivity index (χ4n) is 3.49. The van der Waals surface area contributed by atoms with Crippen molar-refractivity contribution in [1.82, 2.24) is 4.90 Å². The highest BCUT2D eigenvalue weighted by Gasteiger charge is 2.35. The van der Waals surface area contributed by atoms with Crippen LogP contribution >= 0.6 is 0 Å². The minimum atomic E-state index is -0.264. The largest absolute Gasteiger partial charge is 0.376 e. The minimum absolute atomic E-state index is 0.0132. The number of benzene rings is 2. The molecule has 2 aliphatic heterocycles. The summed E-state index contributed by atoms with van der Waals surface area (Å²) in [5.41, 5.74) is 3.09. The SMILES string of the molecule is N#Cc1ccc([C@@H]2Nc3ccccc3C(=O)N2C[C@H]2CCCO2)cc1. The van der Waals surface area contributed by atoms with Gasteiger partial charge in [0.25, 0.3) is 5.91 Å². The number of ether oxygens (including phenoxy) is 1. The maximum absolute atomic E-state index is 13.1. The maximum Gasteiger partial charge on any atom is 0.257 e. The molecule has 1 N–H and O–H groups in total. The van der Waals surface area contributed by atoms with Gasteiger partial charge in [0.1, 0.15) is 6.17 Å². The van der Waals surface area contributed by atoms with Gasteiger partial charge < -0.3 is 15.0 Å². The Morgan fingerprint density at radius 3 is 2.72 bits per heavy atom. The Labute approximate surface area is 146 Å². The smallest absolute Gasteiger partial charge is 0.257 e. The van der Waals surface area contributed by atoms with Crippen molar-refractivity contribution in [2.24, 2.45) is 0 Å². The van der Waals surface area contributed by atoms with E-state index in [2.05, 4.69) is 11.4 Å². The van der Waals surface area contributed by atoms with Crippen LogP contribution in [-0.4, -0.2) is 30.1 Å². The quantitative estimate of drug-likeness (QED) is 0.936. The number of fused-ring (bicyclic) bond motifs is 1. The summed E-state index contributed by atoms with van der Waals surface area (Å²) in [6.45, 7) is 1.32. The minimum Gasteiger partial charge on any atom is -0.376 e. The van der Waals surface area contributed by atoms with E-state index in [9.17, 15) is 4.79 Å². The van der Waals surface area contributed by atoms with Crippen LogP contribution < -0.4 is 5.32 Å². The molecule has 0 radical (unpaired) electrons. The highest BCUT2D eigenvalue weighted by molar-refractivity contribution is 6.01. The van der Waals surface area contributed by atoms with Crippen LogP contribution in [0, 0.1) is 11.3 Å². The predicted molar refractivity (Wildman–Crippen MR) is 94.0 cm³/mol. The molecule has 5 heteroatoms. The van der Waals surface area contributed by atoms with Crippen LogP contribution in [0.4, 0.5) is 5.69 Å². The zero-order valence-electron chi connectivity index (χ0n) is 13.8. The van der Waals surface area contributed by atoms with Gasteiger partial charge in [0.2, 0.25) is 0 Å². The van der Waals surface area contributed by atoms with Crippen molar-refractivity contribution in [3.05, 3.63) is 65.2 Å². The van der Waals surface area contributed by atoms with E-state index in [1.165, 1.54) is 0 Å². The monoisotopic (exact) mass is 333 g/mol. The highest BCUT2D eigenvalue weighted by Crippen LogP contribution is 2.34. The molecule has 5 nitrogen and oxygen atoms in total. The molecular formula is C20H19N3O2. The van der Waals surface area contributed by atoms with E-state index >= 15 is 0 Å². The number of nitriles is 1. The second-order valence-corrected chi connectivity index (χ2v) is 6.42. The molecule has 4 rings (SSSR count). The Kier molecular flexibility index (Phi) is 4.12. The molecule has 25 heavy (non-hydrogen) atoms. The summed E-state index contributed by atoms with van der Waals surface area (Å²) < 4.78 is 5.75. The van der Waals surface area contributed by atoms with Gasteiger partial charge in [0.15, 0.2) is 0 Å². The Bertz CT molecular complexity index is 820. The first kappa shape index (κ1) is 15.7. The molecule has 0 unspecified atom stereocenters. The Hall–Kier alpha value is -2.84. The van der Waals surface area contributed by atoms with Crippen molar-refractivity contribution in [3.8, 4) is 6.07 Å². The van der Waals surface area contributed by atoms with Gasteiger partial charge in [-0.3, -0.25) is 4.79 Å². The third-order valence-electron chi connectivity index (χ3n) is 4.80. The third kappa shape index (κ3) is 2.97. The van der Waals surface area contributed by atoms with E-state index in [4.69, 9.17) is 10.00 Å². The maximum atomic E-state index is 13.1. The first-order valence-electron chi connectivity index (χ1n) is 8.54. The second-order valence-electron chi connectivity index (χ2n) is 6.42. The summed E-state index contributed by atoms with van der Waals surface area (Å²) in [7, 11) is 0. The zero-order valence-corrected chi connectivity index (χ0v) is 13.8. The Balaban J connectivity index is 1.70. The van der Waals surface area contributed by atoms with Crippen LogP contribution in [0.3, 0.4) is 0 Å². The van der Waals surface area contributed by atoms with Crippen molar-refractivity contribution in [1.29, 1.82) is 5.26 Å². The van der Waals surface area contributed by atoms with Crippen LogP contribution in [0.2, 0.25) is 0 Å². The van der Waals surface area contributed by atoms with Gasteiger partial charge in [-0.1, -0.05) is 24.3 Å². The lowest BCUT2D eigenvalue weighted by Crippen LogP contribution is -2.46. The van der Waals surface area contributed by atoms with Gasteiger partial charge >= 0.3 is 0 Å². The number of nitrogens with zero attached hydrogens (tertiary/aromatic N) is 2. The van der Waals surface area contributed by atoms with Crippen molar-refractivity contribution in [2.75, 3.05) is 18.5 Å². The summed E-state index contributed by atoms with van der Waals surface area (Å²) in [5.74, 6) is 0.0132. The van der Waals surface area contributed by atoms with E-state index < -0.39 is 0 Å². The van der Waals surface area contributed by atoms with E-state index in [1.807, 2.05) is 41.3 Å². The number of carbonyl (C=O) groups excluding carboxylic acids is 1. The molecule has 2 heterocycles. The molecule has 1 amide bonds. The Morgan fingerprint density at radius 1 is 1.20 bits per heavy atom. The van der Waals surface area contributed by atoms with Gasteiger partial charge in [-0.15, -0.1) is 0 Å². The molecule has 2 aliphatic rings. The van der Waals surface area contributed by atoms with E-state index in [0.717, 1.165) is 30.7 Å². The molecule has 2 atom stereocenters. The summed E-state index contributed by atoms with van der Waals surface area (Å²) in [6, 6.07) is 17.1. The number of nitrogens with one attached hydrogen (secondary N) is 1. The van der Waals surface area contributed by atoms with Gasteiger partial charge in [0.05, 0.1) is 23.3 Å². The highest BCUT2D eigenvalue weighted by atomic mass is 16.5. The summed E-state index contributed by atoms with van der Waals surface area (Å²) in [5, 5.41) is 12.5. The number of carbonyl (C=O) groups is 1. The zero-order chi connectivity index (χ0) is 17.2. The Morgan fingerprint density at radius 2 is 2.00 bits per heavy atom. The predicted octanol–water partition coefficient (Wildman–Crippen LogP) is 3.30. The number of hydrogen-bond acceptors (Lipinski definition) is 4. The molecule has 0 bridgehead atoms. The average Bonchev–Trinajstić information content (AvgIpc) is 3.17. The number of anilines is 1. The number of amides is 1. The number of rotatable bonds is 3. The van der Waals surface area contributed by atoms with Gasteiger partial charge in [-0.2, -0.15) is 5.26 Å². The molecule has 0 aromatic heterocycles. The fourth-order valence-corrected chi connectivity index (χ4v) is 3.49. The van der Waals surface area contributed by atoms with Crippen LogP contribution in [0.25, 0.3) is 0 Å². The van der Waals surface area contributed by atoms with Crippen molar-refractivity contribution < 1.29 is 9.53 Å². The molecule has 0 spiro atoms. The van der Waals surface area contributed by atoms with Gasteiger partial charge in [0, 0.05) is 18.8 Å². The van der Waals surface area contributed by atoms with Crippen LogP contribution in [0.5, 0.6) is 0 Å². The lowest BCUT2D eigenvalue weighted by molar-refractivity contribution is 0.0427. The number of hydrogen-bond donors (Lipinski definition) is 1. The van der Waals surface area contributed by atoms with Gasteiger partial charge in [-0.25, -0.2) is 0 Å². The molecule has 2 aromatic rings. The fraction of sp³-hybridized carbons (Fsp3) is 0.300. The molecular weight excluding hydrogens is 314 g/mol. The topological polar surface area (TPSA) is 65.4 Å². The average molecular weight is 333 g/mol. The first-order valence-corrected chi connectivity index (χ1v) is 8.54. The molecule has 0 saturated carbocycles. The van der Waals surface area contributed by atoms with E-state index in [1.54, 1.807) is 12.1 Å². The molecule has 1 fully saturated rings. The molecule has 1 saturated heterocycles. The van der Waals surface area contributed by atoms with Crippen molar-refractivity contribution in [3.63, 3.8) is 0 Å². The van der Waals surface area contributed by atoms with Crippen molar-refractivity contribution in [2.45, 2.75) is 25.1 Å². The summed E-state index contributed by atoms with van der Waals surface area (Å²) >= 11 is 0. The van der Waals surface area contributed by atoms with Crippen LogP contribution in [0.15, 0.2) is 48.5 Å². The lowest BCUT2D eigenvalue weighted by atomic mass is 10.0. The lowest BCUT2D eigenvalue weighted by Gasteiger charge is -2.39. The number of para-hydroxylation sites is 1. The standard InChI is InChI=1S/C20H19N3O2/c21-12-14-7-9-15(10-8-14)19-22-18-6-2-1-5-17(18)20(24)23(19)13-16-4-3-11-25-16/h1-2,5-10,16,19,22H,3-4,11,13H2/t16-,19-/m1/s1. The summed E-state index contributed by atoms with van der Waals surface area (Å²) in [6.07, 6.45) is 1.83. The molecule has 2 aromatic carbocycles. The second kappa shape index (κ2) is 6.58. The van der Waals surface area contributed by atoms with Crippen molar-refractivity contribution >= 4 is 11.6 Å². The third-order valence-corrected chi connectivity index (χ3v) is 4.80. The van der Waals surface area contributed by atoms with Gasteiger partial charge in [-0.05, 0) is 42.7 Å². The van der Waals surface area contributed by atoms with E-state index in [0.29, 0.717) is 17.7 Å².